The number of phenolic OH excluding ortho intramolecular Hbond substituents is 1. The molecule has 0 aromatic heterocycles. The summed E-state index contributed by atoms with van der Waals surface area (Å²) in [6.45, 7) is 1.07. The molecule has 0 saturated carbocycles. The number of carbonyl (C=O) groups is 1. The normalized spacial score (nSPS) is 26.1. The summed E-state index contributed by atoms with van der Waals surface area (Å²) in [5.74, 6) is 2.18. The van der Waals surface area contributed by atoms with Crippen molar-refractivity contribution in [3.63, 3.8) is 0 Å². The van der Waals surface area contributed by atoms with E-state index in [2.05, 4.69) is 11.0 Å². The van der Waals surface area contributed by atoms with Gasteiger partial charge in [-0.15, -0.1) is 0 Å². The van der Waals surface area contributed by atoms with Crippen LogP contribution in [0.5, 0.6) is 17.2 Å². The Kier molecular flexibility index (Phi) is 3.96. The first-order valence-corrected chi connectivity index (χ1v) is 9.70. The minimum absolute atomic E-state index is 0.0915. The van der Waals surface area contributed by atoms with Crippen molar-refractivity contribution in [2.24, 2.45) is 0 Å². The first-order chi connectivity index (χ1) is 13.2. The molecule has 3 heterocycles. The van der Waals surface area contributed by atoms with Crippen LogP contribution in [0.2, 0.25) is 0 Å². The fourth-order valence-corrected chi connectivity index (χ4v) is 4.88. The Morgan fingerprint density at radius 3 is 2.44 bits per heavy atom. The Bertz CT molecular complexity index is 866. The van der Waals surface area contributed by atoms with Gasteiger partial charge in [0.25, 0.3) is 5.91 Å². The number of piperidine rings is 1. The molecule has 27 heavy (non-hydrogen) atoms. The van der Waals surface area contributed by atoms with E-state index in [1.165, 1.54) is 5.56 Å². The zero-order valence-electron chi connectivity index (χ0n) is 15.1. The van der Waals surface area contributed by atoms with Gasteiger partial charge < -0.3 is 19.5 Å². The SMILES string of the molecule is O=C(c1ccc2c(c1)OCCO2)N1[C@@H]2CC[C@H]1CC(c1cccc(O)c1)C2. The summed E-state index contributed by atoms with van der Waals surface area (Å²) >= 11 is 0. The van der Waals surface area contributed by atoms with E-state index in [-0.39, 0.29) is 18.0 Å². The number of hydrogen-bond donors (Lipinski definition) is 1. The molecule has 2 aromatic rings. The van der Waals surface area contributed by atoms with Crippen LogP contribution >= 0.6 is 0 Å². The molecule has 2 aromatic carbocycles. The number of amides is 1. The van der Waals surface area contributed by atoms with E-state index in [1.54, 1.807) is 6.07 Å². The topological polar surface area (TPSA) is 59.0 Å². The molecule has 0 aliphatic carbocycles. The van der Waals surface area contributed by atoms with Crippen molar-refractivity contribution in [1.82, 2.24) is 4.90 Å². The lowest BCUT2D eigenvalue weighted by molar-refractivity contribution is 0.0570. The number of nitrogens with zero attached hydrogens (tertiary/aromatic N) is 1. The number of aromatic hydroxyl groups is 1. The Morgan fingerprint density at radius 2 is 1.70 bits per heavy atom. The summed E-state index contributed by atoms with van der Waals surface area (Å²) in [5.41, 5.74) is 1.85. The predicted octanol–water partition coefficient (Wildman–Crippen LogP) is 3.71. The van der Waals surface area contributed by atoms with E-state index in [1.807, 2.05) is 30.3 Å². The van der Waals surface area contributed by atoms with Crippen molar-refractivity contribution in [3.8, 4) is 17.2 Å². The van der Waals surface area contributed by atoms with Gasteiger partial charge in [-0.25, -0.2) is 0 Å². The number of hydrogen-bond acceptors (Lipinski definition) is 4. The van der Waals surface area contributed by atoms with Crippen molar-refractivity contribution in [2.75, 3.05) is 13.2 Å². The second-order valence-electron chi connectivity index (χ2n) is 7.72. The van der Waals surface area contributed by atoms with Crippen LogP contribution in [0, 0.1) is 0 Å². The van der Waals surface area contributed by atoms with Gasteiger partial charge in [-0.05, 0) is 67.5 Å². The summed E-state index contributed by atoms with van der Waals surface area (Å²) in [5, 5.41) is 9.79. The van der Waals surface area contributed by atoms with Crippen LogP contribution in [0.4, 0.5) is 0 Å². The zero-order chi connectivity index (χ0) is 18.4. The van der Waals surface area contributed by atoms with Crippen LogP contribution in [-0.2, 0) is 0 Å². The third kappa shape index (κ3) is 2.91. The molecule has 2 saturated heterocycles. The van der Waals surface area contributed by atoms with Gasteiger partial charge in [0, 0.05) is 17.6 Å². The standard InChI is InChI=1S/C22H23NO4/c24-19-3-1-2-14(12-19)16-10-17-5-6-18(11-16)23(17)22(25)15-4-7-20-21(13-15)27-9-8-26-20/h1-4,7,12-13,16-18,24H,5-6,8-11H2/t16?,17-,18+. The molecule has 3 atom stereocenters. The van der Waals surface area contributed by atoms with Crippen molar-refractivity contribution in [3.05, 3.63) is 53.6 Å². The van der Waals surface area contributed by atoms with Crippen molar-refractivity contribution < 1.29 is 19.4 Å². The third-order valence-electron chi connectivity index (χ3n) is 6.10. The maximum atomic E-state index is 13.2. The highest BCUT2D eigenvalue weighted by Crippen LogP contribution is 2.44. The highest BCUT2D eigenvalue weighted by atomic mass is 16.6. The van der Waals surface area contributed by atoms with E-state index < -0.39 is 0 Å². The first kappa shape index (κ1) is 16.5. The predicted molar refractivity (Wildman–Crippen MR) is 100 cm³/mol. The molecule has 3 aliphatic rings. The number of ether oxygens (including phenoxy) is 2. The van der Waals surface area contributed by atoms with Crippen LogP contribution in [-0.4, -0.2) is 41.2 Å². The van der Waals surface area contributed by atoms with Gasteiger partial charge in [-0.2, -0.15) is 0 Å². The number of phenols is 1. The average molecular weight is 365 g/mol. The lowest BCUT2D eigenvalue weighted by Gasteiger charge is -2.39. The van der Waals surface area contributed by atoms with E-state index in [0.717, 1.165) is 25.7 Å². The molecule has 1 N–H and O–H groups in total. The number of carbonyl (C=O) groups excluding carboxylic acids is 1. The summed E-state index contributed by atoms with van der Waals surface area (Å²) in [6, 6.07) is 13.6. The van der Waals surface area contributed by atoms with Crippen molar-refractivity contribution in [2.45, 2.75) is 43.7 Å². The fraction of sp³-hybridized carbons (Fsp3) is 0.409. The minimum atomic E-state index is 0.0915. The lowest BCUT2D eigenvalue weighted by atomic mass is 9.84. The molecule has 0 spiro atoms. The van der Waals surface area contributed by atoms with Gasteiger partial charge in [0.2, 0.25) is 0 Å². The largest absolute Gasteiger partial charge is 0.508 e. The van der Waals surface area contributed by atoms with Gasteiger partial charge in [-0.3, -0.25) is 4.79 Å². The van der Waals surface area contributed by atoms with Crippen molar-refractivity contribution in [1.29, 1.82) is 0 Å². The summed E-state index contributed by atoms with van der Waals surface area (Å²) in [4.78, 5) is 15.3. The Morgan fingerprint density at radius 1 is 0.963 bits per heavy atom. The molecule has 5 nitrogen and oxygen atoms in total. The number of benzene rings is 2. The number of fused-ring (bicyclic) bond motifs is 3. The first-order valence-electron chi connectivity index (χ1n) is 9.70. The van der Waals surface area contributed by atoms with E-state index in [9.17, 15) is 9.90 Å². The Balaban J connectivity index is 1.37. The average Bonchev–Trinajstić information content (AvgIpc) is 2.96. The van der Waals surface area contributed by atoms with Gasteiger partial charge in [-0.1, -0.05) is 12.1 Å². The van der Waals surface area contributed by atoms with Crippen molar-refractivity contribution >= 4 is 5.91 Å². The molecule has 2 bridgehead atoms. The smallest absolute Gasteiger partial charge is 0.254 e. The molecule has 5 heteroatoms. The lowest BCUT2D eigenvalue weighted by Crippen LogP contribution is -2.46. The summed E-state index contributed by atoms with van der Waals surface area (Å²) < 4.78 is 11.2. The summed E-state index contributed by atoms with van der Waals surface area (Å²) in [6.07, 6.45) is 4.01. The molecule has 140 valence electrons. The zero-order valence-corrected chi connectivity index (χ0v) is 15.1. The quantitative estimate of drug-likeness (QED) is 0.881. The van der Waals surface area contributed by atoms with Crippen LogP contribution in [0.3, 0.4) is 0 Å². The Labute approximate surface area is 158 Å². The molecular formula is C22H23NO4. The maximum Gasteiger partial charge on any atom is 0.254 e. The minimum Gasteiger partial charge on any atom is -0.508 e. The van der Waals surface area contributed by atoms with Gasteiger partial charge in [0.05, 0.1) is 0 Å². The monoisotopic (exact) mass is 365 g/mol. The Hall–Kier alpha value is -2.69. The van der Waals surface area contributed by atoms with E-state index in [0.29, 0.717) is 41.9 Å². The van der Waals surface area contributed by atoms with E-state index >= 15 is 0 Å². The van der Waals surface area contributed by atoms with Crippen LogP contribution < -0.4 is 9.47 Å². The third-order valence-corrected chi connectivity index (χ3v) is 6.10. The highest BCUT2D eigenvalue weighted by molar-refractivity contribution is 5.95. The molecule has 5 rings (SSSR count). The molecule has 3 aliphatic heterocycles. The summed E-state index contributed by atoms with van der Waals surface area (Å²) in [7, 11) is 0. The number of rotatable bonds is 2. The van der Waals surface area contributed by atoms with Crippen LogP contribution in [0.15, 0.2) is 42.5 Å². The van der Waals surface area contributed by atoms with Gasteiger partial charge in [0.15, 0.2) is 11.5 Å². The van der Waals surface area contributed by atoms with Crippen LogP contribution in [0.25, 0.3) is 0 Å². The molecule has 1 amide bonds. The second-order valence-corrected chi connectivity index (χ2v) is 7.72. The molecule has 0 radical (unpaired) electrons. The fourth-order valence-electron chi connectivity index (χ4n) is 4.88. The molecular weight excluding hydrogens is 342 g/mol. The second kappa shape index (κ2) is 6.48. The van der Waals surface area contributed by atoms with Crippen LogP contribution in [0.1, 0.15) is 47.5 Å². The van der Waals surface area contributed by atoms with Gasteiger partial charge >= 0.3 is 0 Å². The van der Waals surface area contributed by atoms with Gasteiger partial charge in [0.1, 0.15) is 19.0 Å². The molecule has 1 unspecified atom stereocenters. The molecule has 2 fully saturated rings. The maximum absolute atomic E-state index is 13.2. The van der Waals surface area contributed by atoms with E-state index in [4.69, 9.17) is 9.47 Å². The highest BCUT2D eigenvalue weighted by Gasteiger charge is 2.43.